The first kappa shape index (κ1) is 19.8. The van der Waals surface area contributed by atoms with Crippen LogP contribution in [0.25, 0.3) is 0 Å². The molecule has 0 aliphatic rings. The van der Waals surface area contributed by atoms with Gasteiger partial charge in [-0.05, 0) is 24.6 Å². The first-order valence-corrected chi connectivity index (χ1v) is 6.38. The van der Waals surface area contributed by atoms with E-state index in [2.05, 4.69) is 10.3 Å². The third-order valence-corrected chi connectivity index (χ3v) is 2.85. The minimum absolute atomic E-state index is 0. The Morgan fingerprint density at radius 2 is 1.90 bits per heavy atom. The second kappa shape index (κ2) is 10.5. The molecule has 0 aromatic heterocycles. The molecule has 21 heavy (non-hydrogen) atoms. The molecule has 0 aliphatic carbocycles. The quantitative estimate of drug-likeness (QED) is 0.408. The predicted molar refractivity (Wildman–Crippen MR) is 94.8 cm³/mol. The van der Waals surface area contributed by atoms with Crippen LogP contribution >= 0.6 is 24.0 Å². The number of guanidine groups is 1. The van der Waals surface area contributed by atoms with E-state index in [-0.39, 0.29) is 30.1 Å². The van der Waals surface area contributed by atoms with Gasteiger partial charge in [0.15, 0.2) is 17.5 Å². The number of methoxy groups -OCH3 is 3. The average molecular weight is 409 g/mol. The van der Waals surface area contributed by atoms with Crippen molar-refractivity contribution in [3.63, 3.8) is 0 Å². The Kier molecular flexibility index (Phi) is 9.89. The zero-order chi connectivity index (χ0) is 15.0. The van der Waals surface area contributed by atoms with Crippen LogP contribution < -0.4 is 20.5 Å². The number of hydrogen-bond acceptors (Lipinski definition) is 4. The standard InChI is InChI=1S/C14H23N3O3.HI/c1-10(18-2)8-16-14(15)17-9-11-5-6-12(19-3)13(7-11)20-4;/h5-7,10H,8-9H2,1-4H3,(H3,15,16,17);1H. The van der Waals surface area contributed by atoms with Gasteiger partial charge in [0.05, 0.1) is 26.9 Å². The summed E-state index contributed by atoms with van der Waals surface area (Å²) in [6.45, 7) is 3.05. The maximum absolute atomic E-state index is 5.78. The zero-order valence-corrected chi connectivity index (χ0v) is 15.2. The Balaban J connectivity index is 0.00000400. The summed E-state index contributed by atoms with van der Waals surface area (Å²) in [6, 6.07) is 5.66. The van der Waals surface area contributed by atoms with Gasteiger partial charge in [0.25, 0.3) is 0 Å². The van der Waals surface area contributed by atoms with Crippen molar-refractivity contribution in [2.24, 2.45) is 10.7 Å². The lowest BCUT2D eigenvalue weighted by Gasteiger charge is -2.11. The summed E-state index contributed by atoms with van der Waals surface area (Å²) in [4.78, 5) is 4.26. The van der Waals surface area contributed by atoms with E-state index in [0.29, 0.717) is 30.5 Å². The van der Waals surface area contributed by atoms with Gasteiger partial charge in [0, 0.05) is 13.7 Å². The summed E-state index contributed by atoms with van der Waals surface area (Å²) < 4.78 is 15.5. The van der Waals surface area contributed by atoms with E-state index >= 15 is 0 Å². The third-order valence-electron chi connectivity index (χ3n) is 2.85. The number of halogens is 1. The lowest BCUT2D eigenvalue weighted by atomic mass is 10.2. The van der Waals surface area contributed by atoms with Gasteiger partial charge in [0.1, 0.15) is 0 Å². The van der Waals surface area contributed by atoms with Crippen LogP contribution in [0.5, 0.6) is 11.5 Å². The van der Waals surface area contributed by atoms with Gasteiger partial charge >= 0.3 is 0 Å². The maximum Gasteiger partial charge on any atom is 0.189 e. The Labute approximate surface area is 143 Å². The van der Waals surface area contributed by atoms with Crippen LogP contribution in [0.3, 0.4) is 0 Å². The molecule has 0 bridgehead atoms. The third kappa shape index (κ3) is 6.85. The van der Waals surface area contributed by atoms with E-state index in [1.807, 2.05) is 25.1 Å². The summed E-state index contributed by atoms with van der Waals surface area (Å²) in [7, 11) is 4.87. The van der Waals surface area contributed by atoms with Crippen molar-refractivity contribution < 1.29 is 14.2 Å². The number of nitrogens with zero attached hydrogens (tertiary/aromatic N) is 1. The van der Waals surface area contributed by atoms with Crippen LogP contribution in [0.15, 0.2) is 23.2 Å². The van der Waals surface area contributed by atoms with Gasteiger partial charge in [-0.3, -0.25) is 0 Å². The molecule has 1 aromatic rings. The number of aliphatic imine (C=N–C) groups is 1. The summed E-state index contributed by atoms with van der Waals surface area (Å²) in [6.07, 6.45) is 0.0878. The molecule has 6 nitrogen and oxygen atoms in total. The molecule has 1 aromatic carbocycles. The summed E-state index contributed by atoms with van der Waals surface area (Å²) in [5.41, 5.74) is 6.77. The fourth-order valence-corrected chi connectivity index (χ4v) is 1.54. The van der Waals surface area contributed by atoms with Crippen LogP contribution in [-0.2, 0) is 11.3 Å². The maximum atomic E-state index is 5.78. The summed E-state index contributed by atoms with van der Waals surface area (Å²) >= 11 is 0. The highest BCUT2D eigenvalue weighted by molar-refractivity contribution is 14.0. The van der Waals surface area contributed by atoms with Crippen LogP contribution in [0.2, 0.25) is 0 Å². The molecule has 0 heterocycles. The Hall–Kier alpha value is -1.22. The minimum Gasteiger partial charge on any atom is -0.493 e. The molecule has 0 saturated carbocycles. The second-order valence-electron chi connectivity index (χ2n) is 4.32. The molecular weight excluding hydrogens is 385 g/mol. The second-order valence-corrected chi connectivity index (χ2v) is 4.32. The monoisotopic (exact) mass is 409 g/mol. The number of nitrogens with two attached hydrogens (primary N) is 1. The van der Waals surface area contributed by atoms with Gasteiger partial charge in [-0.1, -0.05) is 6.07 Å². The minimum atomic E-state index is 0. The number of ether oxygens (including phenoxy) is 3. The van der Waals surface area contributed by atoms with Crippen molar-refractivity contribution in [1.29, 1.82) is 0 Å². The fourth-order valence-electron chi connectivity index (χ4n) is 1.54. The van der Waals surface area contributed by atoms with E-state index in [1.165, 1.54) is 0 Å². The molecule has 0 fully saturated rings. The molecule has 0 radical (unpaired) electrons. The average Bonchev–Trinajstić information content (AvgIpc) is 2.49. The van der Waals surface area contributed by atoms with Crippen molar-refractivity contribution in [2.75, 3.05) is 27.9 Å². The Morgan fingerprint density at radius 1 is 1.24 bits per heavy atom. The van der Waals surface area contributed by atoms with Crippen molar-refractivity contribution in [1.82, 2.24) is 5.32 Å². The molecule has 7 heteroatoms. The summed E-state index contributed by atoms with van der Waals surface area (Å²) in [5.74, 6) is 1.77. The lowest BCUT2D eigenvalue weighted by molar-refractivity contribution is 0.121. The van der Waals surface area contributed by atoms with Gasteiger partial charge in [-0.2, -0.15) is 0 Å². The van der Waals surface area contributed by atoms with Gasteiger partial charge < -0.3 is 25.3 Å². The highest BCUT2D eigenvalue weighted by atomic mass is 127. The molecule has 1 unspecified atom stereocenters. The first-order valence-electron chi connectivity index (χ1n) is 6.38. The van der Waals surface area contributed by atoms with Gasteiger partial charge in [-0.15, -0.1) is 24.0 Å². The van der Waals surface area contributed by atoms with Crippen LogP contribution in [0, 0.1) is 0 Å². The van der Waals surface area contributed by atoms with E-state index in [9.17, 15) is 0 Å². The van der Waals surface area contributed by atoms with Crippen molar-refractivity contribution >= 4 is 29.9 Å². The van der Waals surface area contributed by atoms with E-state index in [0.717, 1.165) is 5.56 Å². The van der Waals surface area contributed by atoms with E-state index in [1.54, 1.807) is 21.3 Å². The van der Waals surface area contributed by atoms with Gasteiger partial charge in [0.2, 0.25) is 0 Å². The molecule has 1 rings (SSSR count). The van der Waals surface area contributed by atoms with E-state index < -0.39 is 0 Å². The van der Waals surface area contributed by atoms with Crippen molar-refractivity contribution in [3.05, 3.63) is 23.8 Å². The predicted octanol–water partition coefficient (Wildman–Crippen LogP) is 1.76. The molecule has 120 valence electrons. The van der Waals surface area contributed by atoms with Crippen molar-refractivity contribution in [2.45, 2.75) is 19.6 Å². The molecule has 0 aliphatic heterocycles. The number of benzene rings is 1. The first-order chi connectivity index (χ1) is 9.60. The summed E-state index contributed by atoms with van der Waals surface area (Å²) in [5, 5.41) is 3.00. The Morgan fingerprint density at radius 3 is 2.48 bits per heavy atom. The molecule has 3 N–H and O–H groups in total. The highest BCUT2D eigenvalue weighted by Crippen LogP contribution is 2.27. The fraction of sp³-hybridized carbons (Fsp3) is 0.500. The molecular formula is C14H24IN3O3. The molecule has 1 atom stereocenters. The molecule has 0 saturated heterocycles. The largest absolute Gasteiger partial charge is 0.493 e. The normalized spacial score (nSPS) is 12.3. The number of hydrogen-bond donors (Lipinski definition) is 2. The molecule has 0 spiro atoms. The molecule has 0 amide bonds. The van der Waals surface area contributed by atoms with Crippen molar-refractivity contribution in [3.8, 4) is 11.5 Å². The Bertz CT molecular complexity index is 455. The number of rotatable bonds is 7. The number of nitrogens with one attached hydrogen (secondary N) is 1. The zero-order valence-electron chi connectivity index (χ0n) is 12.9. The van der Waals surface area contributed by atoms with E-state index in [4.69, 9.17) is 19.9 Å². The van der Waals surface area contributed by atoms with Gasteiger partial charge in [-0.25, -0.2) is 4.99 Å². The topological polar surface area (TPSA) is 78.1 Å². The van der Waals surface area contributed by atoms with Crippen LogP contribution in [-0.4, -0.2) is 39.9 Å². The van der Waals surface area contributed by atoms with Crippen LogP contribution in [0.1, 0.15) is 12.5 Å². The van der Waals surface area contributed by atoms with Crippen LogP contribution in [0.4, 0.5) is 0 Å². The highest BCUT2D eigenvalue weighted by Gasteiger charge is 2.04. The lowest BCUT2D eigenvalue weighted by Crippen LogP contribution is -2.37. The smallest absolute Gasteiger partial charge is 0.189 e. The SMILES string of the molecule is COc1ccc(CN=C(N)NCC(C)OC)cc1OC.I.